The molecule has 0 bridgehead atoms. The smallest absolute Gasteiger partial charge is 0.0613 e. The van der Waals surface area contributed by atoms with Gasteiger partial charge < -0.3 is 10.4 Å². The van der Waals surface area contributed by atoms with Crippen LogP contribution in [0, 0.1) is 5.92 Å². The van der Waals surface area contributed by atoms with E-state index >= 15 is 0 Å². The predicted molar refractivity (Wildman–Crippen MR) is 57.9 cm³/mol. The molecule has 0 aromatic carbocycles. The molecule has 0 aromatic heterocycles. The first-order chi connectivity index (χ1) is 6.06. The van der Waals surface area contributed by atoms with E-state index in [0.29, 0.717) is 5.92 Å². The largest absolute Gasteiger partial charge is 0.394 e. The molecular weight excluding hydrogens is 162 g/mol. The van der Waals surface area contributed by atoms with Crippen molar-refractivity contribution in [1.82, 2.24) is 5.32 Å². The minimum Gasteiger partial charge on any atom is -0.394 e. The molecule has 80 valence electrons. The molecule has 2 nitrogen and oxygen atoms in total. The lowest BCUT2D eigenvalue weighted by molar-refractivity contribution is 0.133. The average molecular weight is 187 g/mol. The molecule has 0 radical (unpaired) electrons. The van der Waals surface area contributed by atoms with Crippen LogP contribution in [0.4, 0.5) is 0 Å². The normalized spacial score (nSPS) is 16.2. The van der Waals surface area contributed by atoms with Gasteiger partial charge in [-0.3, -0.25) is 0 Å². The Morgan fingerprint density at radius 3 is 2.31 bits per heavy atom. The Kier molecular flexibility index (Phi) is 6.35. The number of aliphatic hydroxyl groups is 1. The third-order valence-electron chi connectivity index (χ3n) is 2.91. The van der Waals surface area contributed by atoms with Gasteiger partial charge in [-0.1, -0.05) is 33.6 Å². The van der Waals surface area contributed by atoms with Crippen molar-refractivity contribution in [2.45, 2.75) is 52.5 Å². The molecule has 0 saturated carbocycles. The van der Waals surface area contributed by atoms with Crippen molar-refractivity contribution in [3.05, 3.63) is 0 Å². The number of aliphatic hydroxyl groups excluding tert-OH is 1. The van der Waals surface area contributed by atoms with Crippen molar-refractivity contribution in [3.63, 3.8) is 0 Å². The van der Waals surface area contributed by atoms with Gasteiger partial charge in [0, 0.05) is 5.54 Å². The Labute approximate surface area is 82.7 Å². The first-order valence-corrected chi connectivity index (χ1v) is 5.42. The first-order valence-electron chi connectivity index (χ1n) is 5.42. The fourth-order valence-electron chi connectivity index (χ4n) is 1.19. The van der Waals surface area contributed by atoms with E-state index < -0.39 is 0 Å². The Balaban J connectivity index is 3.71. The standard InChI is InChI=1S/C11H25NO/c1-5-6-7-8-12-11(4,9-13)10(2)3/h10,12-13H,5-9H2,1-4H3/t11-/m1/s1. The number of hydrogen-bond donors (Lipinski definition) is 2. The van der Waals surface area contributed by atoms with E-state index in [1.807, 2.05) is 0 Å². The van der Waals surface area contributed by atoms with Gasteiger partial charge in [0.2, 0.25) is 0 Å². The van der Waals surface area contributed by atoms with E-state index in [-0.39, 0.29) is 12.1 Å². The minimum atomic E-state index is -0.103. The summed E-state index contributed by atoms with van der Waals surface area (Å²) >= 11 is 0. The Morgan fingerprint density at radius 1 is 1.31 bits per heavy atom. The van der Waals surface area contributed by atoms with Gasteiger partial charge in [-0.05, 0) is 25.8 Å². The van der Waals surface area contributed by atoms with Gasteiger partial charge in [-0.15, -0.1) is 0 Å². The van der Waals surface area contributed by atoms with Crippen LogP contribution < -0.4 is 5.32 Å². The topological polar surface area (TPSA) is 32.3 Å². The second-order valence-corrected chi connectivity index (χ2v) is 4.36. The summed E-state index contributed by atoms with van der Waals surface area (Å²) in [6, 6.07) is 0. The quantitative estimate of drug-likeness (QED) is 0.599. The fourth-order valence-corrected chi connectivity index (χ4v) is 1.19. The summed E-state index contributed by atoms with van der Waals surface area (Å²) in [7, 11) is 0. The van der Waals surface area contributed by atoms with Gasteiger partial charge >= 0.3 is 0 Å². The van der Waals surface area contributed by atoms with Gasteiger partial charge in [0.15, 0.2) is 0 Å². The predicted octanol–water partition coefficient (Wildman–Crippen LogP) is 2.17. The fraction of sp³-hybridized carbons (Fsp3) is 1.00. The monoisotopic (exact) mass is 187 g/mol. The van der Waals surface area contributed by atoms with E-state index in [2.05, 4.69) is 33.0 Å². The summed E-state index contributed by atoms with van der Waals surface area (Å²) in [6.07, 6.45) is 3.73. The van der Waals surface area contributed by atoms with Crippen LogP contribution in [0.3, 0.4) is 0 Å². The van der Waals surface area contributed by atoms with Crippen molar-refractivity contribution in [1.29, 1.82) is 0 Å². The summed E-state index contributed by atoms with van der Waals surface area (Å²) in [5.74, 6) is 0.471. The zero-order valence-corrected chi connectivity index (χ0v) is 9.56. The highest BCUT2D eigenvalue weighted by Crippen LogP contribution is 2.15. The van der Waals surface area contributed by atoms with Gasteiger partial charge in [0.1, 0.15) is 0 Å². The van der Waals surface area contributed by atoms with Crippen LogP contribution in [-0.2, 0) is 0 Å². The molecule has 0 saturated heterocycles. The maximum Gasteiger partial charge on any atom is 0.0613 e. The maximum absolute atomic E-state index is 9.25. The lowest BCUT2D eigenvalue weighted by Crippen LogP contribution is -2.50. The molecule has 0 spiro atoms. The number of hydrogen-bond acceptors (Lipinski definition) is 2. The van der Waals surface area contributed by atoms with Gasteiger partial charge in [-0.25, -0.2) is 0 Å². The van der Waals surface area contributed by atoms with E-state index in [1.165, 1.54) is 19.3 Å². The number of nitrogens with one attached hydrogen (secondary N) is 1. The summed E-state index contributed by atoms with van der Waals surface area (Å²) in [4.78, 5) is 0. The zero-order chi connectivity index (χ0) is 10.3. The van der Waals surface area contributed by atoms with E-state index in [1.54, 1.807) is 0 Å². The molecule has 0 aromatic rings. The SMILES string of the molecule is CCCCCN[C@](C)(CO)C(C)C. The molecule has 2 heteroatoms. The Morgan fingerprint density at radius 2 is 1.92 bits per heavy atom. The second kappa shape index (κ2) is 6.39. The van der Waals surface area contributed by atoms with Crippen LogP contribution in [0.25, 0.3) is 0 Å². The molecule has 13 heavy (non-hydrogen) atoms. The van der Waals surface area contributed by atoms with Gasteiger partial charge in [-0.2, -0.15) is 0 Å². The molecule has 0 heterocycles. The summed E-state index contributed by atoms with van der Waals surface area (Å²) in [5.41, 5.74) is -0.103. The molecule has 0 rings (SSSR count). The number of unbranched alkanes of at least 4 members (excludes halogenated alkanes) is 2. The minimum absolute atomic E-state index is 0.103. The molecule has 2 N–H and O–H groups in total. The molecule has 0 amide bonds. The highest BCUT2D eigenvalue weighted by atomic mass is 16.3. The van der Waals surface area contributed by atoms with Crippen LogP contribution in [0.2, 0.25) is 0 Å². The van der Waals surface area contributed by atoms with Crippen LogP contribution in [0.15, 0.2) is 0 Å². The molecule has 0 aliphatic carbocycles. The Hall–Kier alpha value is -0.0800. The van der Waals surface area contributed by atoms with Crippen molar-refractivity contribution in [2.75, 3.05) is 13.2 Å². The van der Waals surface area contributed by atoms with Crippen LogP contribution in [0.1, 0.15) is 47.0 Å². The van der Waals surface area contributed by atoms with Crippen LogP contribution in [-0.4, -0.2) is 23.8 Å². The summed E-state index contributed by atoms with van der Waals surface area (Å²) in [5, 5.41) is 12.7. The molecule has 0 unspecified atom stereocenters. The van der Waals surface area contributed by atoms with Crippen molar-refractivity contribution in [3.8, 4) is 0 Å². The van der Waals surface area contributed by atoms with Gasteiger partial charge in [0.05, 0.1) is 6.61 Å². The third-order valence-corrected chi connectivity index (χ3v) is 2.91. The van der Waals surface area contributed by atoms with E-state index in [4.69, 9.17) is 0 Å². The highest BCUT2D eigenvalue weighted by Gasteiger charge is 2.25. The third kappa shape index (κ3) is 4.63. The molecule has 0 fully saturated rings. The van der Waals surface area contributed by atoms with Gasteiger partial charge in [0.25, 0.3) is 0 Å². The van der Waals surface area contributed by atoms with E-state index in [0.717, 1.165) is 6.54 Å². The molecule has 0 aliphatic rings. The van der Waals surface area contributed by atoms with E-state index in [9.17, 15) is 5.11 Å². The lowest BCUT2D eigenvalue weighted by atomic mass is 9.89. The first kappa shape index (κ1) is 12.9. The molecule has 0 aliphatic heterocycles. The van der Waals surface area contributed by atoms with Crippen molar-refractivity contribution >= 4 is 0 Å². The summed E-state index contributed by atoms with van der Waals surface area (Å²) in [6.45, 7) is 9.81. The highest BCUT2D eigenvalue weighted by molar-refractivity contribution is 4.85. The lowest BCUT2D eigenvalue weighted by Gasteiger charge is -2.33. The number of rotatable bonds is 7. The average Bonchev–Trinajstić information content (AvgIpc) is 2.12. The molecule has 1 atom stereocenters. The second-order valence-electron chi connectivity index (χ2n) is 4.36. The van der Waals surface area contributed by atoms with Crippen molar-refractivity contribution < 1.29 is 5.11 Å². The molecular formula is C11H25NO. The maximum atomic E-state index is 9.25. The summed E-state index contributed by atoms with van der Waals surface area (Å²) < 4.78 is 0. The zero-order valence-electron chi connectivity index (χ0n) is 9.56. The van der Waals surface area contributed by atoms with Crippen LogP contribution in [0.5, 0.6) is 0 Å². The van der Waals surface area contributed by atoms with Crippen LogP contribution >= 0.6 is 0 Å². The van der Waals surface area contributed by atoms with Crippen molar-refractivity contribution in [2.24, 2.45) is 5.92 Å². The Bertz CT molecular complexity index is 125.